The van der Waals surface area contributed by atoms with E-state index in [1.807, 2.05) is 19.2 Å². The van der Waals surface area contributed by atoms with Crippen molar-refractivity contribution in [2.24, 2.45) is 0 Å². The highest BCUT2D eigenvalue weighted by molar-refractivity contribution is 6.27. The van der Waals surface area contributed by atoms with Crippen molar-refractivity contribution in [3.8, 4) is 11.5 Å². The summed E-state index contributed by atoms with van der Waals surface area (Å²) < 4.78 is 16.7. The Bertz CT molecular complexity index is 708. The van der Waals surface area contributed by atoms with E-state index >= 15 is 0 Å². The van der Waals surface area contributed by atoms with Crippen molar-refractivity contribution in [2.75, 3.05) is 47.5 Å². The monoisotopic (exact) mass is 438 g/mol. The third-order valence-corrected chi connectivity index (χ3v) is 5.91. The molecule has 1 aromatic rings. The quantitative estimate of drug-likeness (QED) is 0.644. The summed E-state index contributed by atoms with van der Waals surface area (Å²) in [7, 11) is 5.28. The molecule has 2 N–H and O–H groups in total. The number of methoxy groups -OCH3 is 3. The minimum Gasteiger partial charge on any atom is -0.493 e. The Morgan fingerprint density at radius 2 is 1.61 bits per heavy atom. The Morgan fingerprint density at radius 3 is 2.16 bits per heavy atom. The maximum absolute atomic E-state index is 9.10. The highest BCUT2D eigenvalue weighted by atomic mass is 16.5. The molecule has 1 saturated carbocycles. The first kappa shape index (κ1) is 24.9. The summed E-state index contributed by atoms with van der Waals surface area (Å²) in [6.07, 6.45) is 5.56. The Hall–Kier alpha value is -2.36. The van der Waals surface area contributed by atoms with Gasteiger partial charge in [0.15, 0.2) is 11.5 Å². The largest absolute Gasteiger partial charge is 0.493 e. The number of piperazine rings is 1. The van der Waals surface area contributed by atoms with Crippen LogP contribution in [0.2, 0.25) is 0 Å². The van der Waals surface area contributed by atoms with Crippen LogP contribution in [0.25, 0.3) is 0 Å². The molecule has 2 aliphatic rings. The van der Waals surface area contributed by atoms with Crippen LogP contribution in [-0.2, 0) is 20.9 Å². The number of benzene rings is 1. The zero-order chi connectivity index (χ0) is 22.8. The number of carboxylic acid groups (broad SMARTS) is 2. The van der Waals surface area contributed by atoms with Crippen molar-refractivity contribution in [3.05, 3.63) is 23.8 Å². The molecule has 0 radical (unpaired) electrons. The first-order valence-electron chi connectivity index (χ1n) is 10.6. The molecule has 2 atom stereocenters. The number of hydrogen-bond acceptors (Lipinski definition) is 7. The van der Waals surface area contributed by atoms with Gasteiger partial charge in [0.1, 0.15) is 0 Å². The first-order chi connectivity index (χ1) is 14.9. The van der Waals surface area contributed by atoms with Crippen molar-refractivity contribution in [1.82, 2.24) is 9.80 Å². The molecule has 9 nitrogen and oxygen atoms in total. The zero-order valence-electron chi connectivity index (χ0n) is 18.6. The summed E-state index contributed by atoms with van der Waals surface area (Å²) in [5, 5.41) is 14.8. The number of rotatable bonds is 6. The van der Waals surface area contributed by atoms with Gasteiger partial charge < -0.3 is 24.4 Å². The van der Waals surface area contributed by atoms with E-state index in [9.17, 15) is 0 Å². The van der Waals surface area contributed by atoms with Crippen LogP contribution in [0.4, 0.5) is 0 Å². The van der Waals surface area contributed by atoms with Gasteiger partial charge in [-0.25, -0.2) is 9.59 Å². The predicted molar refractivity (Wildman–Crippen MR) is 115 cm³/mol. The van der Waals surface area contributed by atoms with Gasteiger partial charge in [0, 0.05) is 51.4 Å². The number of carboxylic acids is 2. The normalized spacial score (nSPS) is 22.2. The van der Waals surface area contributed by atoms with E-state index in [2.05, 4.69) is 15.9 Å². The van der Waals surface area contributed by atoms with Gasteiger partial charge in [-0.3, -0.25) is 9.80 Å². The molecule has 1 aliphatic heterocycles. The molecular weight excluding hydrogens is 404 g/mol. The van der Waals surface area contributed by atoms with Crippen molar-refractivity contribution in [3.63, 3.8) is 0 Å². The standard InChI is InChI=1S/C20H32N2O3.C2H2O4/c1-23-18-9-5-4-8-17(18)22-13-11-21(12-14-22)15-16-7-6-10-19(24-2)20(16)25-3;3-1(4)2(5)6/h6-7,10,17-18H,4-5,8-9,11-15H2,1-3H3;(H,3,4)(H,5,6). The van der Waals surface area contributed by atoms with Crippen LogP contribution in [-0.4, -0.2) is 91.6 Å². The van der Waals surface area contributed by atoms with Crippen molar-refractivity contribution >= 4 is 11.9 Å². The Kier molecular flexibility index (Phi) is 10.0. The summed E-state index contributed by atoms with van der Waals surface area (Å²) in [5.74, 6) is -1.98. The lowest BCUT2D eigenvalue weighted by molar-refractivity contribution is -0.159. The molecule has 9 heteroatoms. The van der Waals surface area contributed by atoms with Crippen LogP contribution >= 0.6 is 0 Å². The predicted octanol–water partition coefficient (Wildman–Crippen LogP) is 1.93. The van der Waals surface area contributed by atoms with Gasteiger partial charge >= 0.3 is 11.9 Å². The smallest absolute Gasteiger partial charge is 0.414 e. The summed E-state index contributed by atoms with van der Waals surface area (Å²) in [5.41, 5.74) is 1.20. The minimum atomic E-state index is -1.82. The molecule has 174 valence electrons. The highest BCUT2D eigenvalue weighted by Crippen LogP contribution is 2.32. The minimum absolute atomic E-state index is 0.416. The maximum atomic E-state index is 9.10. The van der Waals surface area contributed by atoms with Gasteiger partial charge in [-0.2, -0.15) is 0 Å². The number of carbonyl (C=O) groups is 2. The molecule has 0 spiro atoms. The zero-order valence-corrected chi connectivity index (χ0v) is 18.6. The molecule has 0 bridgehead atoms. The molecule has 2 fully saturated rings. The Labute approximate surface area is 183 Å². The fourth-order valence-electron chi connectivity index (χ4n) is 4.34. The van der Waals surface area contributed by atoms with Gasteiger partial charge in [0.2, 0.25) is 0 Å². The van der Waals surface area contributed by atoms with Gasteiger partial charge in [-0.05, 0) is 18.9 Å². The lowest BCUT2D eigenvalue weighted by Crippen LogP contribution is -2.54. The van der Waals surface area contributed by atoms with E-state index in [0.29, 0.717) is 12.1 Å². The van der Waals surface area contributed by atoms with E-state index in [1.54, 1.807) is 14.2 Å². The molecule has 1 saturated heterocycles. The van der Waals surface area contributed by atoms with Gasteiger partial charge in [0.25, 0.3) is 0 Å². The third-order valence-electron chi connectivity index (χ3n) is 5.91. The van der Waals surface area contributed by atoms with Gasteiger partial charge in [-0.1, -0.05) is 25.0 Å². The van der Waals surface area contributed by atoms with E-state index < -0.39 is 11.9 Å². The highest BCUT2D eigenvalue weighted by Gasteiger charge is 2.32. The molecule has 0 aromatic heterocycles. The number of ether oxygens (including phenoxy) is 3. The molecule has 1 heterocycles. The van der Waals surface area contributed by atoms with Crippen molar-refractivity contribution in [1.29, 1.82) is 0 Å². The van der Waals surface area contributed by atoms with E-state index in [1.165, 1.54) is 31.2 Å². The lowest BCUT2D eigenvalue weighted by atomic mass is 9.90. The third kappa shape index (κ3) is 7.09. The summed E-state index contributed by atoms with van der Waals surface area (Å²) in [6.45, 7) is 5.33. The molecular formula is C22H34N2O7. The summed E-state index contributed by atoms with van der Waals surface area (Å²) in [6, 6.07) is 6.73. The second kappa shape index (κ2) is 12.5. The average molecular weight is 439 g/mol. The van der Waals surface area contributed by atoms with E-state index in [4.69, 9.17) is 34.0 Å². The van der Waals surface area contributed by atoms with Crippen LogP contribution in [0.15, 0.2) is 18.2 Å². The fourth-order valence-corrected chi connectivity index (χ4v) is 4.34. The van der Waals surface area contributed by atoms with Crippen LogP contribution < -0.4 is 9.47 Å². The van der Waals surface area contributed by atoms with Gasteiger partial charge in [0.05, 0.1) is 20.3 Å². The average Bonchev–Trinajstić information content (AvgIpc) is 2.79. The Morgan fingerprint density at radius 1 is 0.968 bits per heavy atom. The number of aliphatic carboxylic acids is 2. The van der Waals surface area contributed by atoms with Crippen molar-refractivity contribution in [2.45, 2.75) is 44.4 Å². The molecule has 1 aromatic carbocycles. The fraction of sp³-hybridized carbons (Fsp3) is 0.636. The lowest BCUT2D eigenvalue weighted by Gasteiger charge is -2.43. The SMILES string of the molecule is COc1cccc(CN2CCN(C3CCCCC3OC)CC2)c1OC.O=C(O)C(=O)O. The molecule has 2 unspecified atom stereocenters. The van der Waals surface area contributed by atoms with Gasteiger partial charge in [-0.15, -0.1) is 0 Å². The van der Waals surface area contributed by atoms with Crippen molar-refractivity contribution < 1.29 is 34.0 Å². The van der Waals surface area contributed by atoms with Crippen LogP contribution in [0, 0.1) is 0 Å². The molecule has 3 rings (SSSR count). The topological polar surface area (TPSA) is 109 Å². The second-order valence-corrected chi connectivity index (χ2v) is 7.70. The number of hydrogen-bond donors (Lipinski definition) is 2. The van der Waals surface area contributed by atoms with E-state index in [0.717, 1.165) is 44.2 Å². The molecule has 31 heavy (non-hydrogen) atoms. The van der Waals surface area contributed by atoms with Crippen LogP contribution in [0.1, 0.15) is 31.2 Å². The maximum Gasteiger partial charge on any atom is 0.414 e. The first-order valence-corrected chi connectivity index (χ1v) is 10.6. The number of para-hydroxylation sites is 1. The molecule has 0 amide bonds. The van der Waals surface area contributed by atoms with Crippen LogP contribution in [0.5, 0.6) is 11.5 Å². The second-order valence-electron chi connectivity index (χ2n) is 7.70. The van der Waals surface area contributed by atoms with E-state index in [-0.39, 0.29) is 0 Å². The number of nitrogens with zero attached hydrogens (tertiary/aromatic N) is 2. The molecule has 1 aliphatic carbocycles. The van der Waals surface area contributed by atoms with Crippen LogP contribution in [0.3, 0.4) is 0 Å². The Balaban J connectivity index is 0.000000501. The summed E-state index contributed by atoms with van der Waals surface area (Å²) >= 11 is 0. The summed E-state index contributed by atoms with van der Waals surface area (Å²) in [4.78, 5) is 23.4.